The van der Waals surface area contributed by atoms with E-state index in [4.69, 9.17) is 48.8 Å². The summed E-state index contributed by atoms with van der Waals surface area (Å²) in [5.74, 6) is 3.42. The van der Waals surface area contributed by atoms with Crippen molar-refractivity contribution in [1.82, 2.24) is 59.1 Å². The van der Waals surface area contributed by atoms with Gasteiger partial charge in [-0.05, 0) is 98.8 Å². The molecule has 17 aromatic rings. The topological polar surface area (TPSA) is 246 Å². The predicted octanol–water partition coefficient (Wildman–Crippen LogP) is 17.2. The van der Waals surface area contributed by atoms with Gasteiger partial charge in [-0.1, -0.05) is 196 Å². The summed E-state index contributed by atoms with van der Waals surface area (Å²) >= 11 is 5.46. The predicted molar refractivity (Wildman–Crippen MR) is 398 cm³/mol. The van der Waals surface area contributed by atoms with Crippen molar-refractivity contribution in [3.63, 3.8) is 0 Å². The minimum Gasteiger partial charge on any atom is -0.497 e. The van der Waals surface area contributed by atoms with Crippen molar-refractivity contribution in [2.45, 2.75) is 13.8 Å². The lowest BCUT2D eigenvalue weighted by Gasteiger charge is -2.06. The van der Waals surface area contributed by atoms with Crippen LogP contribution in [0.3, 0.4) is 0 Å². The largest absolute Gasteiger partial charge is 0.497 e. The van der Waals surface area contributed by atoms with Crippen LogP contribution in [0.5, 0.6) is 40.8 Å². The second-order valence-corrected chi connectivity index (χ2v) is 25.6. The molecule has 103 heavy (non-hydrogen) atoms. The molecule has 0 aliphatic rings. The van der Waals surface area contributed by atoms with Crippen LogP contribution < -0.4 is 28.4 Å². The standard InChI is InChI=1S/C23H15N3O3S.C18H13N3O3S.2C18H13N3O2S/c27-15-28-21-14-30-23(24-21)26-20-9-5-4-8-19(20)22(25-26)16-10-12-18(13-11-16)29-17-6-2-1-3-7-17;1-23-13-8-6-12(7-9-13)17-14-4-2-3-5-15(14)21(20-17)18-19-16(10-25-18)24-11-22;2*1-12-6-8-13(9-7-12)17-14-4-2-3-5-15(14)21(20-17)18-19-16(10-24-18)23-11-22/h1-15H;2-11H,1H3;2*2-11H,1H3. The number of nitrogens with zero attached hydrogens (tertiary/aromatic N) is 12. The van der Waals surface area contributed by atoms with Crippen LogP contribution in [0.25, 0.3) is 109 Å². The summed E-state index contributed by atoms with van der Waals surface area (Å²) in [6.07, 6.45) is 0. The molecule has 0 aliphatic heterocycles. The Morgan fingerprint density at radius 2 is 0.553 bits per heavy atom. The number of methoxy groups -OCH3 is 1. The molecule has 26 heteroatoms. The average Bonchev–Trinajstić information content (AvgIpc) is 1.65. The molecule has 8 heterocycles. The van der Waals surface area contributed by atoms with E-state index in [0.717, 1.165) is 106 Å². The number of benzene rings is 9. The van der Waals surface area contributed by atoms with Crippen LogP contribution in [-0.2, 0) is 19.2 Å². The fourth-order valence-corrected chi connectivity index (χ4v) is 13.8. The van der Waals surface area contributed by atoms with Crippen molar-refractivity contribution in [3.05, 3.63) is 257 Å². The van der Waals surface area contributed by atoms with Gasteiger partial charge < -0.3 is 28.4 Å². The molecular weight excluding hydrogens is 1380 g/mol. The zero-order valence-corrected chi connectivity index (χ0v) is 57.8. The summed E-state index contributed by atoms with van der Waals surface area (Å²) in [5, 5.41) is 32.4. The zero-order valence-electron chi connectivity index (χ0n) is 54.6. The van der Waals surface area contributed by atoms with E-state index in [1.165, 1.54) is 56.5 Å². The van der Waals surface area contributed by atoms with Gasteiger partial charge in [0.1, 0.15) is 40.0 Å². The van der Waals surface area contributed by atoms with E-state index < -0.39 is 0 Å². The van der Waals surface area contributed by atoms with Crippen LogP contribution in [0, 0.1) is 13.8 Å². The molecule has 0 bridgehead atoms. The van der Waals surface area contributed by atoms with E-state index >= 15 is 0 Å². The number of rotatable bonds is 19. The second-order valence-electron chi connectivity index (χ2n) is 22.2. The second kappa shape index (κ2) is 31.0. The van der Waals surface area contributed by atoms with E-state index in [9.17, 15) is 19.2 Å². The Morgan fingerprint density at radius 3 is 0.835 bits per heavy atom. The third kappa shape index (κ3) is 14.8. The van der Waals surface area contributed by atoms with E-state index in [1.54, 1.807) is 47.4 Å². The van der Waals surface area contributed by atoms with Gasteiger partial charge in [0.25, 0.3) is 25.9 Å². The molecule has 0 amide bonds. The van der Waals surface area contributed by atoms with Gasteiger partial charge >= 0.3 is 0 Å². The smallest absolute Gasteiger partial charge is 0.299 e. The van der Waals surface area contributed by atoms with Gasteiger partial charge in [-0.15, -0.1) is 0 Å². The summed E-state index contributed by atoms with van der Waals surface area (Å²) < 4.78 is 37.4. The Morgan fingerprint density at radius 1 is 0.301 bits per heavy atom. The molecule has 0 radical (unpaired) electrons. The number of hydrogen-bond donors (Lipinski definition) is 0. The first-order valence-corrected chi connectivity index (χ1v) is 34.9. The molecule has 0 unspecified atom stereocenters. The van der Waals surface area contributed by atoms with Crippen molar-refractivity contribution < 1.29 is 47.6 Å². The van der Waals surface area contributed by atoms with Crippen LogP contribution >= 0.6 is 45.3 Å². The van der Waals surface area contributed by atoms with Crippen LogP contribution in [0.4, 0.5) is 0 Å². The molecule has 0 saturated carbocycles. The number of carbonyl (C=O) groups excluding carboxylic acids is 4. The van der Waals surface area contributed by atoms with Gasteiger partial charge in [0, 0.05) is 43.8 Å². The number of aryl methyl sites for hydroxylation is 2. The average molecular weight is 1440 g/mol. The fraction of sp³-hybridized carbons (Fsp3) is 0.0390. The highest BCUT2D eigenvalue weighted by Gasteiger charge is 2.21. The molecular formula is C77H54N12O10S4. The molecule has 0 fully saturated rings. The molecule has 0 aliphatic carbocycles. The van der Waals surface area contributed by atoms with Gasteiger partial charge in [-0.3, -0.25) is 19.2 Å². The van der Waals surface area contributed by atoms with Gasteiger partial charge in [0.05, 0.1) is 50.7 Å². The number of aromatic nitrogens is 12. The molecule has 0 N–H and O–H groups in total. The van der Waals surface area contributed by atoms with Gasteiger partial charge in [0.15, 0.2) is 0 Å². The number of hydrogen-bond acceptors (Lipinski definition) is 22. The highest BCUT2D eigenvalue weighted by molar-refractivity contribution is 7.13. The maximum atomic E-state index is 10.6. The highest BCUT2D eigenvalue weighted by atomic mass is 32.1. The van der Waals surface area contributed by atoms with Crippen LogP contribution in [0.1, 0.15) is 11.1 Å². The summed E-state index contributed by atoms with van der Waals surface area (Å²) in [4.78, 5) is 59.2. The summed E-state index contributed by atoms with van der Waals surface area (Å²) in [5.41, 5.74) is 13.7. The molecule has 0 saturated heterocycles. The lowest BCUT2D eigenvalue weighted by Crippen LogP contribution is -1.96. The molecule has 506 valence electrons. The number of ether oxygens (including phenoxy) is 6. The molecule has 22 nitrogen and oxygen atoms in total. The third-order valence-electron chi connectivity index (χ3n) is 15.8. The van der Waals surface area contributed by atoms with E-state index in [0.29, 0.717) is 46.4 Å². The number of carbonyl (C=O) groups is 4. The minimum atomic E-state index is 0.258. The van der Waals surface area contributed by atoms with E-state index in [-0.39, 0.29) is 23.5 Å². The Labute approximate surface area is 602 Å². The van der Waals surface area contributed by atoms with E-state index in [2.05, 4.69) is 82.3 Å². The lowest BCUT2D eigenvalue weighted by molar-refractivity contribution is -0.121. The van der Waals surface area contributed by atoms with Crippen molar-refractivity contribution in [2.24, 2.45) is 0 Å². The maximum Gasteiger partial charge on any atom is 0.299 e. The molecule has 17 rings (SSSR count). The molecule has 0 spiro atoms. The van der Waals surface area contributed by atoms with Crippen LogP contribution in [0.2, 0.25) is 0 Å². The maximum absolute atomic E-state index is 10.6. The van der Waals surface area contributed by atoms with Crippen molar-refractivity contribution in [2.75, 3.05) is 7.11 Å². The zero-order chi connectivity index (χ0) is 70.6. The highest BCUT2D eigenvalue weighted by Crippen LogP contribution is 2.38. The number of fused-ring (bicyclic) bond motifs is 4. The Hall–Kier alpha value is -13.1. The van der Waals surface area contributed by atoms with Crippen molar-refractivity contribution in [1.29, 1.82) is 0 Å². The first-order valence-electron chi connectivity index (χ1n) is 31.4. The van der Waals surface area contributed by atoms with Crippen LogP contribution in [-0.4, -0.2) is 92.1 Å². The quantitative estimate of drug-likeness (QED) is 0.0683. The Bertz CT molecular complexity index is 5640. The number of para-hydroxylation sites is 5. The molecule has 0 atom stereocenters. The van der Waals surface area contributed by atoms with Crippen molar-refractivity contribution >= 4 is 115 Å². The van der Waals surface area contributed by atoms with Gasteiger partial charge in [-0.25, -0.2) is 18.7 Å². The summed E-state index contributed by atoms with van der Waals surface area (Å²) in [7, 11) is 1.64. The first kappa shape index (κ1) is 67.1. The Balaban J connectivity index is 0.000000117. The lowest BCUT2D eigenvalue weighted by atomic mass is 10.1. The third-order valence-corrected chi connectivity index (χ3v) is 18.9. The molecule has 8 aromatic heterocycles. The summed E-state index contributed by atoms with van der Waals surface area (Å²) in [6, 6.07) is 73.7. The monoisotopic (exact) mass is 1430 g/mol. The van der Waals surface area contributed by atoms with Crippen LogP contribution in [0.15, 0.2) is 246 Å². The van der Waals surface area contributed by atoms with E-state index in [1.807, 2.05) is 176 Å². The van der Waals surface area contributed by atoms with Gasteiger partial charge in [-0.2, -0.15) is 40.3 Å². The first-order chi connectivity index (χ1) is 50.6. The minimum absolute atomic E-state index is 0.258. The number of thiazole rings is 4. The van der Waals surface area contributed by atoms with Gasteiger partial charge in [0.2, 0.25) is 44.0 Å². The Kier molecular flexibility index (Phi) is 20.2. The molecule has 9 aromatic carbocycles. The fourth-order valence-electron chi connectivity index (χ4n) is 11.0. The summed E-state index contributed by atoms with van der Waals surface area (Å²) in [6.45, 7) is 5.60. The SMILES string of the molecule is COc1ccc(-c2nn(-c3nc(OC=O)cs3)c3ccccc23)cc1.Cc1ccc(-c2nn(-c3nc(OC=O)cs3)c3ccccc23)cc1.Cc1ccc(-c2nn(-c3nc(OC=O)cs3)c3ccccc23)cc1.O=COc1csc(-n2nc(-c3ccc(Oc4ccccc4)cc3)c3ccccc32)n1. The van der Waals surface area contributed by atoms with Crippen molar-refractivity contribution in [3.8, 4) is 106 Å². The normalized spacial score (nSPS) is 10.8.